The lowest BCUT2D eigenvalue weighted by Gasteiger charge is -2.36. The van der Waals surface area contributed by atoms with E-state index >= 15 is 0 Å². The lowest BCUT2D eigenvalue weighted by atomic mass is 10.0. The normalized spacial score (nSPS) is 17.7. The van der Waals surface area contributed by atoms with E-state index in [1.807, 2.05) is 24.0 Å². The zero-order valence-electron chi connectivity index (χ0n) is 14.5. The second-order valence-electron chi connectivity index (χ2n) is 6.02. The van der Waals surface area contributed by atoms with Crippen LogP contribution in [0.5, 0.6) is 5.75 Å². The minimum atomic E-state index is 0.0619. The van der Waals surface area contributed by atoms with E-state index in [0.717, 1.165) is 56.9 Å². The molecule has 1 aromatic rings. The largest absolute Gasteiger partial charge is 0.497 e. The van der Waals surface area contributed by atoms with Crippen molar-refractivity contribution in [2.45, 2.75) is 39.2 Å². The van der Waals surface area contributed by atoms with Gasteiger partial charge in [-0.2, -0.15) is 0 Å². The summed E-state index contributed by atoms with van der Waals surface area (Å²) in [6, 6.07) is 8.38. The molecule has 1 unspecified atom stereocenters. The molecule has 1 saturated heterocycles. The highest BCUT2D eigenvalue weighted by molar-refractivity contribution is 5.74. The molecule has 5 nitrogen and oxygen atoms in total. The van der Waals surface area contributed by atoms with E-state index in [2.05, 4.69) is 29.3 Å². The van der Waals surface area contributed by atoms with Crippen molar-refractivity contribution in [2.24, 2.45) is 0 Å². The number of ether oxygens (including phenoxy) is 1. The van der Waals surface area contributed by atoms with Crippen LogP contribution in [0.3, 0.4) is 0 Å². The standard InChI is InChI=1S/C18H29N3O2/c1-4-11-20(5-2)18(22)19-15-8-7-12-21(14-15)16-9-6-10-17(13-16)23-3/h6,9-10,13,15H,4-5,7-8,11-12,14H2,1-3H3,(H,19,22). The number of rotatable bonds is 6. The number of hydrogen-bond donors (Lipinski definition) is 1. The van der Waals surface area contributed by atoms with Gasteiger partial charge in [0.1, 0.15) is 5.75 Å². The minimum absolute atomic E-state index is 0.0619. The van der Waals surface area contributed by atoms with Crippen LogP contribution in [0.2, 0.25) is 0 Å². The molecule has 0 radical (unpaired) electrons. The highest BCUT2D eigenvalue weighted by Crippen LogP contribution is 2.24. The number of benzene rings is 1. The van der Waals surface area contributed by atoms with Gasteiger partial charge in [0, 0.05) is 44.0 Å². The second kappa shape index (κ2) is 8.65. The Bertz CT molecular complexity index is 507. The van der Waals surface area contributed by atoms with Crippen molar-refractivity contribution in [3.63, 3.8) is 0 Å². The maximum Gasteiger partial charge on any atom is 0.317 e. The molecule has 1 heterocycles. The summed E-state index contributed by atoms with van der Waals surface area (Å²) >= 11 is 0. The zero-order chi connectivity index (χ0) is 16.7. The lowest BCUT2D eigenvalue weighted by Crippen LogP contribution is -2.51. The lowest BCUT2D eigenvalue weighted by molar-refractivity contribution is 0.194. The Balaban J connectivity index is 1.96. The van der Waals surface area contributed by atoms with E-state index in [4.69, 9.17) is 4.74 Å². The van der Waals surface area contributed by atoms with Gasteiger partial charge in [-0.05, 0) is 38.3 Å². The molecule has 128 valence electrons. The topological polar surface area (TPSA) is 44.8 Å². The number of nitrogens with one attached hydrogen (secondary N) is 1. The van der Waals surface area contributed by atoms with Crippen molar-refractivity contribution in [3.8, 4) is 5.75 Å². The summed E-state index contributed by atoms with van der Waals surface area (Å²) in [4.78, 5) is 16.6. The number of carbonyl (C=O) groups excluding carboxylic acids is 1. The van der Waals surface area contributed by atoms with Gasteiger partial charge in [0.05, 0.1) is 7.11 Å². The Kier molecular flexibility index (Phi) is 6.56. The predicted octanol–water partition coefficient (Wildman–Crippen LogP) is 3.11. The number of nitrogens with zero attached hydrogens (tertiary/aromatic N) is 2. The van der Waals surface area contributed by atoms with Gasteiger partial charge in [-0.1, -0.05) is 13.0 Å². The van der Waals surface area contributed by atoms with Crippen molar-refractivity contribution >= 4 is 11.7 Å². The predicted molar refractivity (Wildman–Crippen MR) is 94.3 cm³/mol. The van der Waals surface area contributed by atoms with Crippen molar-refractivity contribution in [1.29, 1.82) is 0 Å². The molecule has 0 aromatic heterocycles. The van der Waals surface area contributed by atoms with Crippen LogP contribution in [0.4, 0.5) is 10.5 Å². The molecule has 1 aliphatic heterocycles. The fourth-order valence-electron chi connectivity index (χ4n) is 3.08. The fraction of sp³-hybridized carbons (Fsp3) is 0.611. The zero-order valence-corrected chi connectivity index (χ0v) is 14.5. The molecule has 0 saturated carbocycles. The number of carbonyl (C=O) groups is 1. The van der Waals surface area contributed by atoms with Gasteiger partial charge in [-0.3, -0.25) is 0 Å². The van der Waals surface area contributed by atoms with Gasteiger partial charge in [0.2, 0.25) is 0 Å². The van der Waals surface area contributed by atoms with E-state index in [-0.39, 0.29) is 12.1 Å². The molecular formula is C18H29N3O2. The van der Waals surface area contributed by atoms with E-state index in [9.17, 15) is 4.79 Å². The van der Waals surface area contributed by atoms with Crippen LogP contribution in [-0.4, -0.2) is 50.3 Å². The first kappa shape index (κ1) is 17.4. The van der Waals surface area contributed by atoms with Crippen molar-refractivity contribution < 1.29 is 9.53 Å². The quantitative estimate of drug-likeness (QED) is 0.876. The number of methoxy groups -OCH3 is 1. The average molecular weight is 319 g/mol. The van der Waals surface area contributed by atoms with Crippen LogP contribution >= 0.6 is 0 Å². The summed E-state index contributed by atoms with van der Waals surface area (Å²) in [6.07, 6.45) is 3.11. The molecule has 23 heavy (non-hydrogen) atoms. The summed E-state index contributed by atoms with van der Waals surface area (Å²) in [5.41, 5.74) is 1.16. The molecule has 1 atom stereocenters. The average Bonchev–Trinajstić information content (AvgIpc) is 2.59. The molecule has 1 aromatic carbocycles. The smallest absolute Gasteiger partial charge is 0.317 e. The first-order chi connectivity index (χ1) is 11.2. The molecular weight excluding hydrogens is 290 g/mol. The molecule has 5 heteroatoms. The van der Waals surface area contributed by atoms with Crippen LogP contribution in [-0.2, 0) is 0 Å². The van der Waals surface area contributed by atoms with Crippen LogP contribution in [0.15, 0.2) is 24.3 Å². The van der Waals surface area contributed by atoms with Crippen molar-refractivity contribution in [2.75, 3.05) is 38.2 Å². The summed E-state index contributed by atoms with van der Waals surface area (Å²) in [6.45, 7) is 7.56. The summed E-state index contributed by atoms with van der Waals surface area (Å²) < 4.78 is 5.31. The Labute approximate surface area is 139 Å². The third kappa shape index (κ3) is 4.78. The van der Waals surface area contributed by atoms with Gasteiger partial charge < -0.3 is 19.9 Å². The van der Waals surface area contributed by atoms with Gasteiger partial charge in [0.25, 0.3) is 0 Å². The van der Waals surface area contributed by atoms with Crippen molar-refractivity contribution in [1.82, 2.24) is 10.2 Å². The summed E-state index contributed by atoms with van der Waals surface area (Å²) in [5, 5.41) is 3.20. The van der Waals surface area contributed by atoms with E-state index < -0.39 is 0 Å². The molecule has 2 amide bonds. The van der Waals surface area contributed by atoms with Gasteiger partial charge in [-0.15, -0.1) is 0 Å². The van der Waals surface area contributed by atoms with Crippen LogP contribution < -0.4 is 15.0 Å². The summed E-state index contributed by atoms with van der Waals surface area (Å²) in [5.74, 6) is 0.869. The number of urea groups is 1. The van der Waals surface area contributed by atoms with Crippen LogP contribution in [0, 0.1) is 0 Å². The molecule has 1 aliphatic rings. The first-order valence-electron chi connectivity index (χ1n) is 8.62. The maximum atomic E-state index is 12.4. The highest BCUT2D eigenvalue weighted by Gasteiger charge is 2.23. The number of amides is 2. The number of anilines is 1. The molecule has 0 aliphatic carbocycles. The second-order valence-corrected chi connectivity index (χ2v) is 6.02. The number of piperidine rings is 1. The van der Waals surface area contributed by atoms with Crippen LogP contribution in [0.25, 0.3) is 0 Å². The third-order valence-corrected chi connectivity index (χ3v) is 4.33. The van der Waals surface area contributed by atoms with E-state index in [1.54, 1.807) is 7.11 Å². The molecule has 2 rings (SSSR count). The Hall–Kier alpha value is -1.91. The molecule has 1 N–H and O–H groups in total. The Morgan fingerprint density at radius 1 is 1.43 bits per heavy atom. The van der Waals surface area contributed by atoms with Crippen LogP contribution in [0.1, 0.15) is 33.1 Å². The molecule has 0 bridgehead atoms. The van der Waals surface area contributed by atoms with Gasteiger partial charge >= 0.3 is 6.03 Å². The monoisotopic (exact) mass is 319 g/mol. The molecule has 1 fully saturated rings. The van der Waals surface area contributed by atoms with E-state index in [1.165, 1.54) is 0 Å². The Morgan fingerprint density at radius 3 is 2.96 bits per heavy atom. The third-order valence-electron chi connectivity index (χ3n) is 4.33. The first-order valence-corrected chi connectivity index (χ1v) is 8.62. The van der Waals surface area contributed by atoms with Gasteiger partial charge in [-0.25, -0.2) is 4.79 Å². The van der Waals surface area contributed by atoms with Crippen molar-refractivity contribution in [3.05, 3.63) is 24.3 Å². The Morgan fingerprint density at radius 2 is 2.26 bits per heavy atom. The van der Waals surface area contributed by atoms with E-state index in [0.29, 0.717) is 0 Å². The molecule has 0 spiro atoms. The maximum absolute atomic E-state index is 12.4. The minimum Gasteiger partial charge on any atom is -0.497 e. The fourth-order valence-corrected chi connectivity index (χ4v) is 3.08. The SMILES string of the molecule is CCCN(CC)C(=O)NC1CCCN(c2cccc(OC)c2)C1. The summed E-state index contributed by atoms with van der Waals surface area (Å²) in [7, 11) is 1.69. The number of hydrogen-bond acceptors (Lipinski definition) is 3. The highest BCUT2D eigenvalue weighted by atomic mass is 16.5. The van der Waals surface area contributed by atoms with Gasteiger partial charge in [0.15, 0.2) is 0 Å².